The molecule has 5 nitrogen and oxygen atoms in total. The number of hydrogen-bond donors (Lipinski definition) is 2. The van der Waals surface area contributed by atoms with Gasteiger partial charge in [-0.2, -0.15) is 0 Å². The summed E-state index contributed by atoms with van der Waals surface area (Å²) < 4.78 is 0. The van der Waals surface area contributed by atoms with Crippen molar-refractivity contribution in [1.82, 2.24) is 5.32 Å². The molecule has 1 aliphatic rings. The third kappa shape index (κ3) is 2.51. The summed E-state index contributed by atoms with van der Waals surface area (Å²) in [7, 11) is 0. The number of nitrogens with zero attached hydrogens (tertiary/aromatic N) is 1. The second-order valence-corrected chi connectivity index (χ2v) is 4.87. The molecule has 0 aromatic heterocycles. The predicted molar refractivity (Wildman–Crippen MR) is 67.0 cm³/mol. The first-order chi connectivity index (χ1) is 8.38. The van der Waals surface area contributed by atoms with E-state index >= 15 is 0 Å². The first-order valence-electron chi connectivity index (χ1n) is 5.78. The average Bonchev–Trinajstić information content (AvgIpc) is 2.31. The number of carbonyl (C=O) groups excluding carboxylic acids is 2. The van der Waals surface area contributed by atoms with Crippen LogP contribution in [0.15, 0.2) is 24.3 Å². The molecule has 1 fully saturated rings. The van der Waals surface area contributed by atoms with E-state index in [9.17, 15) is 14.7 Å². The van der Waals surface area contributed by atoms with E-state index < -0.39 is 5.60 Å². The van der Waals surface area contributed by atoms with Crippen LogP contribution in [0.5, 0.6) is 0 Å². The molecule has 1 aliphatic heterocycles. The summed E-state index contributed by atoms with van der Waals surface area (Å²) in [5.74, 6) is -0.328. The van der Waals surface area contributed by atoms with Gasteiger partial charge in [0.25, 0.3) is 0 Å². The Bertz CT molecular complexity index is 491. The minimum atomic E-state index is -0.975. The molecule has 1 aromatic rings. The number of amides is 2. The lowest BCUT2D eigenvalue weighted by Gasteiger charge is -2.28. The van der Waals surface area contributed by atoms with E-state index in [2.05, 4.69) is 5.32 Å². The van der Waals surface area contributed by atoms with Gasteiger partial charge in [0, 0.05) is 5.69 Å². The third-order valence-electron chi connectivity index (χ3n) is 2.90. The zero-order valence-electron chi connectivity index (χ0n) is 10.4. The Hall–Kier alpha value is -1.88. The lowest BCUT2D eigenvalue weighted by atomic mass is 9.98. The van der Waals surface area contributed by atoms with Crippen LogP contribution < -0.4 is 10.2 Å². The van der Waals surface area contributed by atoms with Crippen LogP contribution in [0.2, 0.25) is 0 Å². The average molecular weight is 248 g/mol. The van der Waals surface area contributed by atoms with Crippen LogP contribution in [0, 0.1) is 0 Å². The summed E-state index contributed by atoms with van der Waals surface area (Å²) in [5, 5.41) is 12.4. The summed E-state index contributed by atoms with van der Waals surface area (Å²) in [4.78, 5) is 24.5. The molecule has 0 saturated carbocycles. The van der Waals surface area contributed by atoms with E-state index in [0.717, 1.165) is 0 Å². The molecule has 1 aromatic carbocycles. The van der Waals surface area contributed by atoms with Gasteiger partial charge in [-0.15, -0.1) is 0 Å². The Morgan fingerprint density at radius 1 is 1.33 bits per heavy atom. The second-order valence-electron chi connectivity index (χ2n) is 4.87. The molecular weight excluding hydrogens is 232 g/mol. The summed E-state index contributed by atoms with van der Waals surface area (Å²) >= 11 is 0. The highest BCUT2D eigenvalue weighted by molar-refractivity contribution is 6.04. The van der Waals surface area contributed by atoms with Crippen LogP contribution in [0.4, 0.5) is 5.69 Å². The highest BCUT2D eigenvalue weighted by atomic mass is 16.3. The number of anilines is 1. The van der Waals surface area contributed by atoms with Gasteiger partial charge in [-0.25, -0.2) is 0 Å². The maximum atomic E-state index is 11.7. The van der Waals surface area contributed by atoms with Gasteiger partial charge in [0.05, 0.1) is 12.1 Å². The molecular formula is C13H16N2O3. The molecule has 18 heavy (non-hydrogen) atoms. The van der Waals surface area contributed by atoms with Crippen molar-refractivity contribution >= 4 is 17.5 Å². The molecule has 0 unspecified atom stereocenters. The van der Waals surface area contributed by atoms with Gasteiger partial charge in [-0.1, -0.05) is 12.1 Å². The minimum absolute atomic E-state index is 0.0194. The van der Waals surface area contributed by atoms with Crippen LogP contribution in [-0.2, 0) is 15.2 Å². The van der Waals surface area contributed by atoms with Crippen molar-refractivity contribution < 1.29 is 14.7 Å². The first-order valence-corrected chi connectivity index (χ1v) is 5.78. The highest BCUT2D eigenvalue weighted by Gasteiger charge is 2.25. The number of nitrogens with one attached hydrogen (secondary N) is 1. The Morgan fingerprint density at radius 3 is 2.72 bits per heavy atom. The van der Waals surface area contributed by atoms with Crippen molar-refractivity contribution in [2.75, 3.05) is 18.0 Å². The van der Waals surface area contributed by atoms with Crippen molar-refractivity contribution in [2.24, 2.45) is 0 Å². The Morgan fingerprint density at radius 2 is 2.06 bits per heavy atom. The smallest absolute Gasteiger partial charge is 0.246 e. The molecule has 0 atom stereocenters. The number of piperazine rings is 1. The molecule has 96 valence electrons. The number of rotatable bonds is 2. The summed E-state index contributed by atoms with van der Waals surface area (Å²) in [5.41, 5.74) is 0.366. The van der Waals surface area contributed by atoms with Gasteiger partial charge in [0.15, 0.2) is 0 Å². The van der Waals surface area contributed by atoms with E-state index in [1.165, 1.54) is 4.90 Å². The van der Waals surface area contributed by atoms with Crippen LogP contribution in [0.1, 0.15) is 19.4 Å². The maximum Gasteiger partial charge on any atom is 0.246 e. The molecule has 0 aliphatic carbocycles. The summed E-state index contributed by atoms with van der Waals surface area (Å²) in [6.45, 7) is 3.40. The highest BCUT2D eigenvalue weighted by Crippen LogP contribution is 2.25. The lowest BCUT2D eigenvalue weighted by Crippen LogP contribution is -2.51. The fourth-order valence-electron chi connectivity index (χ4n) is 1.85. The Kier molecular flexibility index (Phi) is 3.09. The van der Waals surface area contributed by atoms with Crippen LogP contribution in [0.3, 0.4) is 0 Å². The van der Waals surface area contributed by atoms with Gasteiger partial charge in [-0.05, 0) is 31.5 Å². The van der Waals surface area contributed by atoms with Crippen LogP contribution in [-0.4, -0.2) is 30.0 Å². The summed E-state index contributed by atoms with van der Waals surface area (Å²) in [6, 6.07) is 7.04. The van der Waals surface area contributed by atoms with E-state index in [4.69, 9.17) is 0 Å². The molecule has 1 saturated heterocycles. The molecule has 2 amide bonds. The van der Waals surface area contributed by atoms with E-state index in [0.29, 0.717) is 11.3 Å². The maximum absolute atomic E-state index is 11.7. The fourth-order valence-corrected chi connectivity index (χ4v) is 1.85. The normalized spacial score (nSPS) is 16.7. The number of aliphatic hydroxyl groups is 1. The van der Waals surface area contributed by atoms with E-state index in [1.807, 2.05) is 0 Å². The standard InChI is InChI=1S/C13H16N2O3/c1-13(2,18)9-4-3-5-10(6-9)15-8-11(16)14-7-12(15)17/h3-6,18H,7-8H2,1-2H3,(H,14,16). The molecule has 0 bridgehead atoms. The molecule has 2 rings (SSSR count). The zero-order chi connectivity index (χ0) is 13.3. The Labute approximate surface area is 105 Å². The monoisotopic (exact) mass is 248 g/mol. The third-order valence-corrected chi connectivity index (χ3v) is 2.90. The molecule has 2 N–H and O–H groups in total. The van der Waals surface area contributed by atoms with E-state index in [1.54, 1.807) is 38.1 Å². The largest absolute Gasteiger partial charge is 0.386 e. The van der Waals surface area contributed by atoms with Gasteiger partial charge in [0.2, 0.25) is 11.8 Å². The van der Waals surface area contributed by atoms with Crippen molar-refractivity contribution in [3.8, 4) is 0 Å². The predicted octanol–water partition coefficient (Wildman–Crippen LogP) is 0.377. The molecule has 5 heteroatoms. The molecule has 1 heterocycles. The Balaban J connectivity index is 2.33. The molecule has 0 spiro atoms. The second kappa shape index (κ2) is 4.42. The minimum Gasteiger partial charge on any atom is -0.386 e. The van der Waals surface area contributed by atoms with Crippen LogP contribution in [0.25, 0.3) is 0 Å². The van der Waals surface area contributed by atoms with Gasteiger partial charge in [0.1, 0.15) is 6.54 Å². The zero-order valence-corrected chi connectivity index (χ0v) is 10.4. The fraction of sp³-hybridized carbons (Fsp3) is 0.385. The summed E-state index contributed by atoms with van der Waals surface area (Å²) in [6.07, 6.45) is 0. The molecule has 0 radical (unpaired) electrons. The van der Waals surface area contributed by atoms with Crippen LogP contribution >= 0.6 is 0 Å². The SMILES string of the molecule is CC(C)(O)c1cccc(N2CC(=O)NCC2=O)c1. The van der Waals surface area contributed by atoms with Crippen molar-refractivity contribution in [3.05, 3.63) is 29.8 Å². The van der Waals surface area contributed by atoms with Crippen molar-refractivity contribution in [1.29, 1.82) is 0 Å². The van der Waals surface area contributed by atoms with Gasteiger partial charge in [-0.3, -0.25) is 9.59 Å². The lowest BCUT2D eigenvalue weighted by molar-refractivity contribution is -0.128. The first kappa shape index (κ1) is 12.6. The van der Waals surface area contributed by atoms with Crippen molar-refractivity contribution in [2.45, 2.75) is 19.4 Å². The van der Waals surface area contributed by atoms with E-state index in [-0.39, 0.29) is 24.9 Å². The van der Waals surface area contributed by atoms with Gasteiger partial charge < -0.3 is 15.3 Å². The quantitative estimate of drug-likeness (QED) is 0.794. The topological polar surface area (TPSA) is 69.6 Å². The number of carbonyl (C=O) groups is 2. The van der Waals surface area contributed by atoms with Gasteiger partial charge >= 0.3 is 0 Å². The number of benzene rings is 1. The van der Waals surface area contributed by atoms with Crippen molar-refractivity contribution in [3.63, 3.8) is 0 Å². The number of hydrogen-bond acceptors (Lipinski definition) is 3.